The standard InChI is InChI=1S/C15H23N3O2/c1-12-4-3-5-14(10-12)20-13(2)11-17-15(16)18-6-8-19-9-7-18/h3-5,10,13H,6-9,11H2,1-2H3,(H2,16,17). The van der Waals surface area contributed by atoms with E-state index in [-0.39, 0.29) is 6.10 Å². The molecule has 0 saturated carbocycles. The highest BCUT2D eigenvalue weighted by atomic mass is 16.5. The molecule has 2 N–H and O–H groups in total. The maximum absolute atomic E-state index is 5.98. The predicted octanol–water partition coefficient (Wildman–Crippen LogP) is 1.41. The fourth-order valence-electron chi connectivity index (χ4n) is 2.07. The summed E-state index contributed by atoms with van der Waals surface area (Å²) in [4.78, 5) is 6.45. The molecule has 1 atom stereocenters. The van der Waals surface area contributed by atoms with Gasteiger partial charge in [-0.05, 0) is 31.5 Å². The second-order valence-corrected chi connectivity index (χ2v) is 5.04. The lowest BCUT2D eigenvalue weighted by Crippen LogP contribution is -2.45. The normalized spacial score (nSPS) is 17.9. The monoisotopic (exact) mass is 277 g/mol. The quantitative estimate of drug-likeness (QED) is 0.668. The summed E-state index contributed by atoms with van der Waals surface area (Å²) in [6, 6.07) is 8.01. The minimum absolute atomic E-state index is 0.00334. The second kappa shape index (κ2) is 7.14. The van der Waals surface area contributed by atoms with Gasteiger partial charge in [0.25, 0.3) is 0 Å². The lowest BCUT2D eigenvalue weighted by molar-refractivity contribution is 0.0673. The average Bonchev–Trinajstić information content (AvgIpc) is 2.46. The van der Waals surface area contributed by atoms with Gasteiger partial charge in [0.05, 0.1) is 19.8 Å². The zero-order valence-corrected chi connectivity index (χ0v) is 12.2. The SMILES string of the molecule is Cc1cccc(OC(C)CN=C(N)N2CCOCC2)c1. The van der Waals surface area contributed by atoms with Gasteiger partial charge in [0.1, 0.15) is 11.9 Å². The maximum Gasteiger partial charge on any atom is 0.191 e. The molecule has 1 unspecified atom stereocenters. The van der Waals surface area contributed by atoms with E-state index < -0.39 is 0 Å². The number of rotatable bonds is 4. The molecule has 0 radical (unpaired) electrons. The van der Waals surface area contributed by atoms with Crippen LogP contribution in [0.25, 0.3) is 0 Å². The number of morpholine rings is 1. The van der Waals surface area contributed by atoms with Gasteiger partial charge in [-0.15, -0.1) is 0 Å². The van der Waals surface area contributed by atoms with Crippen molar-refractivity contribution in [2.24, 2.45) is 10.7 Å². The van der Waals surface area contributed by atoms with Crippen LogP contribution >= 0.6 is 0 Å². The van der Waals surface area contributed by atoms with Crippen molar-refractivity contribution in [3.8, 4) is 5.75 Å². The van der Waals surface area contributed by atoms with Crippen molar-refractivity contribution < 1.29 is 9.47 Å². The molecule has 5 nitrogen and oxygen atoms in total. The molecule has 20 heavy (non-hydrogen) atoms. The Kier molecular flexibility index (Phi) is 5.24. The third-order valence-electron chi connectivity index (χ3n) is 3.17. The number of aryl methyl sites for hydroxylation is 1. The van der Waals surface area contributed by atoms with Crippen LogP contribution in [0, 0.1) is 6.92 Å². The summed E-state index contributed by atoms with van der Waals surface area (Å²) in [6.07, 6.45) is -0.00334. The molecule has 1 aliphatic rings. The van der Waals surface area contributed by atoms with Gasteiger partial charge >= 0.3 is 0 Å². The zero-order chi connectivity index (χ0) is 14.4. The molecule has 0 aliphatic carbocycles. The maximum atomic E-state index is 5.98. The molecule has 110 valence electrons. The number of nitrogens with zero attached hydrogens (tertiary/aromatic N) is 2. The van der Waals surface area contributed by atoms with E-state index in [4.69, 9.17) is 15.2 Å². The molecule has 1 heterocycles. The number of nitrogens with two attached hydrogens (primary N) is 1. The summed E-state index contributed by atoms with van der Waals surface area (Å²) >= 11 is 0. The van der Waals surface area contributed by atoms with Gasteiger partial charge in [0, 0.05) is 13.1 Å². The first-order valence-corrected chi connectivity index (χ1v) is 7.01. The van der Waals surface area contributed by atoms with Crippen LogP contribution in [-0.4, -0.2) is 49.8 Å². The Hall–Kier alpha value is -1.75. The Balaban J connectivity index is 1.83. The van der Waals surface area contributed by atoms with E-state index in [0.717, 1.165) is 18.8 Å². The topological polar surface area (TPSA) is 60.1 Å². The second-order valence-electron chi connectivity index (χ2n) is 5.04. The van der Waals surface area contributed by atoms with Crippen molar-refractivity contribution >= 4 is 5.96 Å². The Morgan fingerprint density at radius 2 is 2.20 bits per heavy atom. The smallest absolute Gasteiger partial charge is 0.191 e. The van der Waals surface area contributed by atoms with Crippen LogP contribution in [0.15, 0.2) is 29.3 Å². The highest BCUT2D eigenvalue weighted by molar-refractivity contribution is 5.78. The highest BCUT2D eigenvalue weighted by Gasteiger charge is 2.12. The summed E-state index contributed by atoms with van der Waals surface area (Å²) in [5, 5.41) is 0. The van der Waals surface area contributed by atoms with Gasteiger partial charge < -0.3 is 20.1 Å². The minimum atomic E-state index is -0.00334. The van der Waals surface area contributed by atoms with Crippen LogP contribution in [0.3, 0.4) is 0 Å². The van der Waals surface area contributed by atoms with Crippen molar-refractivity contribution in [1.82, 2.24) is 4.90 Å². The van der Waals surface area contributed by atoms with E-state index in [1.807, 2.05) is 43.0 Å². The van der Waals surface area contributed by atoms with Crippen molar-refractivity contribution in [3.63, 3.8) is 0 Å². The number of benzene rings is 1. The highest BCUT2D eigenvalue weighted by Crippen LogP contribution is 2.14. The van der Waals surface area contributed by atoms with Gasteiger partial charge in [-0.1, -0.05) is 12.1 Å². The summed E-state index contributed by atoms with van der Waals surface area (Å²) in [6.45, 7) is 7.64. The van der Waals surface area contributed by atoms with E-state index in [2.05, 4.69) is 4.99 Å². The van der Waals surface area contributed by atoms with Gasteiger partial charge in [-0.25, -0.2) is 4.99 Å². The summed E-state index contributed by atoms with van der Waals surface area (Å²) < 4.78 is 11.1. The average molecular weight is 277 g/mol. The van der Waals surface area contributed by atoms with Gasteiger partial charge in [0.2, 0.25) is 0 Å². The van der Waals surface area contributed by atoms with E-state index in [1.165, 1.54) is 5.56 Å². The lowest BCUT2D eigenvalue weighted by atomic mass is 10.2. The molecule has 1 aliphatic heterocycles. The van der Waals surface area contributed by atoms with E-state index in [0.29, 0.717) is 25.7 Å². The fourth-order valence-corrected chi connectivity index (χ4v) is 2.07. The predicted molar refractivity (Wildman–Crippen MR) is 80.2 cm³/mol. The van der Waals surface area contributed by atoms with E-state index in [9.17, 15) is 0 Å². The summed E-state index contributed by atoms with van der Waals surface area (Å²) in [7, 11) is 0. The third kappa shape index (κ3) is 4.42. The number of hydrogen-bond acceptors (Lipinski definition) is 3. The van der Waals surface area contributed by atoms with Crippen LogP contribution in [0.1, 0.15) is 12.5 Å². The molecular formula is C15H23N3O2. The minimum Gasteiger partial charge on any atom is -0.489 e. The zero-order valence-electron chi connectivity index (χ0n) is 12.2. The van der Waals surface area contributed by atoms with E-state index >= 15 is 0 Å². The van der Waals surface area contributed by atoms with Crippen molar-refractivity contribution in [2.45, 2.75) is 20.0 Å². The van der Waals surface area contributed by atoms with Gasteiger partial charge in [-0.2, -0.15) is 0 Å². The van der Waals surface area contributed by atoms with Crippen LogP contribution in [0.5, 0.6) is 5.75 Å². The van der Waals surface area contributed by atoms with Gasteiger partial charge in [0.15, 0.2) is 5.96 Å². The van der Waals surface area contributed by atoms with Crippen LogP contribution in [0.2, 0.25) is 0 Å². The van der Waals surface area contributed by atoms with Crippen molar-refractivity contribution in [1.29, 1.82) is 0 Å². The first-order chi connectivity index (χ1) is 9.65. The number of hydrogen-bond donors (Lipinski definition) is 1. The Morgan fingerprint density at radius 3 is 2.90 bits per heavy atom. The van der Waals surface area contributed by atoms with Crippen molar-refractivity contribution in [3.05, 3.63) is 29.8 Å². The van der Waals surface area contributed by atoms with Crippen LogP contribution < -0.4 is 10.5 Å². The van der Waals surface area contributed by atoms with Crippen LogP contribution in [-0.2, 0) is 4.74 Å². The first-order valence-electron chi connectivity index (χ1n) is 7.01. The third-order valence-corrected chi connectivity index (χ3v) is 3.17. The van der Waals surface area contributed by atoms with Gasteiger partial charge in [-0.3, -0.25) is 0 Å². The first kappa shape index (κ1) is 14.7. The largest absolute Gasteiger partial charge is 0.489 e. The molecular weight excluding hydrogens is 254 g/mol. The molecule has 0 spiro atoms. The molecule has 0 amide bonds. The summed E-state index contributed by atoms with van der Waals surface area (Å²) in [5.74, 6) is 1.45. The van der Waals surface area contributed by atoms with Crippen LogP contribution in [0.4, 0.5) is 0 Å². The lowest BCUT2D eigenvalue weighted by Gasteiger charge is -2.27. The number of ether oxygens (including phenoxy) is 2. The number of guanidine groups is 1. The summed E-state index contributed by atoms with van der Waals surface area (Å²) in [5.41, 5.74) is 7.17. The molecule has 1 fully saturated rings. The fraction of sp³-hybridized carbons (Fsp3) is 0.533. The molecule has 0 bridgehead atoms. The van der Waals surface area contributed by atoms with Crippen molar-refractivity contribution in [2.75, 3.05) is 32.8 Å². The molecule has 1 aromatic carbocycles. The molecule has 1 saturated heterocycles. The Bertz CT molecular complexity index is 456. The number of aliphatic imine (C=N–C) groups is 1. The van der Waals surface area contributed by atoms with E-state index in [1.54, 1.807) is 0 Å². The molecule has 5 heteroatoms. The molecule has 0 aromatic heterocycles. The molecule has 1 aromatic rings. The Labute approximate surface area is 120 Å². The Morgan fingerprint density at radius 1 is 1.45 bits per heavy atom. The molecule has 2 rings (SSSR count).